The third kappa shape index (κ3) is 4.62. The highest BCUT2D eigenvalue weighted by molar-refractivity contribution is 6.17. The molecule has 9 nitrogen and oxygen atoms in total. The van der Waals surface area contributed by atoms with Gasteiger partial charge in [0.2, 0.25) is 11.9 Å². The predicted molar refractivity (Wildman–Crippen MR) is 114 cm³/mol. The fourth-order valence-electron chi connectivity index (χ4n) is 3.65. The largest absolute Gasteiger partial charge is 0.497 e. The van der Waals surface area contributed by atoms with Gasteiger partial charge in [0.1, 0.15) is 5.75 Å². The van der Waals surface area contributed by atoms with Gasteiger partial charge in [-0.2, -0.15) is 9.67 Å². The first-order valence-electron chi connectivity index (χ1n) is 10.0. The van der Waals surface area contributed by atoms with Gasteiger partial charge in [-0.3, -0.25) is 4.79 Å². The van der Waals surface area contributed by atoms with E-state index in [0.717, 1.165) is 30.7 Å². The molecule has 0 radical (unpaired) electrons. The summed E-state index contributed by atoms with van der Waals surface area (Å²) >= 11 is 5.65. The van der Waals surface area contributed by atoms with Crippen molar-refractivity contribution in [3.63, 3.8) is 0 Å². The van der Waals surface area contributed by atoms with Crippen LogP contribution in [0, 0.1) is 0 Å². The Bertz CT molecular complexity index is 1010. The van der Waals surface area contributed by atoms with E-state index in [1.165, 1.54) is 0 Å². The molecule has 1 aliphatic carbocycles. The number of nitrogens with one attached hydrogen (secondary N) is 2. The topological polar surface area (TPSA) is 107 Å². The zero-order valence-corrected chi connectivity index (χ0v) is 17.5. The third-order valence-electron chi connectivity index (χ3n) is 5.18. The van der Waals surface area contributed by atoms with Crippen LogP contribution in [0.4, 0.5) is 5.95 Å². The monoisotopic (exact) mass is 429 g/mol. The summed E-state index contributed by atoms with van der Waals surface area (Å²) in [5.74, 6) is 1.86. The smallest absolute Gasteiger partial charge is 0.225 e. The Balaban J connectivity index is 1.43. The van der Waals surface area contributed by atoms with Crippen molar-refractivity contribution in [2.75, 3.05) is 18.3 Å². The molecule has 158 valence electrons. The van der Waals surface area contributed by atoms with Gasteiger partial charge in [-0.05, 0) is 49.9 Å². The van der Waals surface area contributed by atoms with Crippen LogP contribution in [0.2, 0.25) is 0 Å². The van der Waals surface area contributed by atoms with E-state index < -0.39 is 0 Å². The molecule has 0 bridgehead atoms. The molecule has 2 N–H and O–H groups in total. The summed E-state index contributed by atoms with van der Waals surface area (Å²) in [4.78, 5) is 20.9. The van der Waals surface area contributed by atoms with Crippen LogP contribution in [0.5, 0.6) is 5.75 Å². The van der Waals surface area contributed by atoms with E-state index >= 15 is 0 Å². The molecule has 1 aromatic carbocycles. The van der Waals surface area contributed by atoms with Crippen molar-refractivity contribution < 1.29 is 9.53 Å². The van der Waals surface area contributed by atoms with Crippen molar-refractivity contribution >= 4 is 34.6 Å². The van der Waals surface area contributed by atoms with E-state index in [2.05, 4.69) is 30.9 Å². The second-order valence-electron chi connectivity index (χ2n) is 7.31. The molecule has 0 unspecified atom stereocenters. The molecule has 1 amide bonds. The molecule has 2 heterocycles. The van der Waals surface area contributed by atoms with Gasteiger partial charge in [0, 0.05) is 24.4 Å². The number of hydrogen-bond donors (Lipinski definition) is 2. The summed E-state index contributed by atoms with van der Waals surface area (Å²) < 4.78 is 6.88. The van der Waals surface area contributed by atoms with E-state index in [4.69, 9.17) is 16.3 Å². The fourth-order valence-corrected chi connectivity index (χ4v) is 3.78. The van der Waals surface area contributed by atoms with Crippen LogP contribution in [0.15, 0.2) is 30.5 Å². The molecule has 1 fully saturated rings. The molecule has 1 aliphatic rings. The summed E-state index contributed by atoms with van der Waals surface area (Å²) in [7, 11) is 1.63. The molecule has 4 rings (SSSR count). The number of methoxy groups -OCH3 is 1. The van der Waals surface area contributed by atoms with Crippen LogP contribution >= 0.6 is 11.6 Å². The first-order chi connectivity index (χ1) is 14.7. The molecule has 2 atom stereocenters. The van der Waals surface area contributed by atoms with Crippen molar-refractivity contribution in [3.05, 3.63) is 30.5 Å². The minimum Gasteiger partial charge on any atom is -0.497 e. The highest BCUT2D eigenvalue weighted by Gasteiger charge is 2.26. The maximum absolute atomic E-state index is 11.9. The SMILES string of the molecule is COc1ccc(-n2nnc3cnc(N[C@@H]4CC[C@@H](NC(=O)CCCCl)C4)nc32)cc1. The molecule has 2 aromatic heterocycles. The number of benzene rings is 1. The number of hydrogen-bond acceptors (Lipinski definition) is 7. The lowest BCUT2D eigenvalue weighted by Crippen LogP contribution is -2.33. The number of carbonyl (C=O) groups is 1. The van der Waals surface area contributed by atoms with Crippen molar-refractivity contribution in [2.45, 2.75) is 44.2 Å². The van der Waals surface area contributed by atoms with Crippen LogP contribution in [-0.4, -0.2) is 55.9 Å². The van der Waals surface area contributed by atoms with Gasteiger partial charge >= 0.3 is 0 Å². The van der Waals surface area contributed by atoms with Gasteiger partial charge in [0.05, 0.1) is 19.0 Å². The first-order valence-corrected chi connectivity index (χ1v) is 10.5. The predicted octanol–water partition coefficient (Wildman–Crippen LogP) is 2.69. The minimum atomic E-state index is 0.0634. The number of rotatable bonds is 8. The zero-order chi connectivity index (χ0) is 20.9. The second-order valence-corrected chi connectivity index (χ2v) is 7.69. The van der Waals surface area contributed by atoms with Crippen molar-refractivity contribution in [1.82, 2.24) is 30.3 Å². The standard InChI is InChI=1S/C20H24ClN7O2/c1-30-16-8-6-15(7-9-16)28-19-17(26-27-28)12-22-20(25-19)24-14-5-4-13(11-14)23-18(29)3-2-10-21/h6-9,12-14H,2-5,10-11H2,1H3,(H,23,29)(H,22,24,25)/t13-,14-/m1/s1. The normalized spacial score (nSPS) is 18.5. The number of nitrogens with zero attached hydrogens (tertiary/aromatic N) is 5. The average Bonchev–Trinajstić information content (AvgIpc) is 3.39. The molecule has 3 aromatic rings. The maximum atomic E-state index is 11.9. The Morgan fingerprint density at radius 2 is 2.07 bits per heavy atom. The van der Waals surface area contributed by atoms with Gasteiger partial charge in [-0.15, -0.1) is 16.7 Å². The number of carbonyl (C=O) groups excluding carboxylic acids is 1. The minimum absolute atomic E-state index is 0.0634. The van der Waals surface area contributed by atoms with E-state index in [0.29, 0.717) is 35.8 Å². The fraction of sp³-hybridized carbons (Fsp3) is 0.450. The van der Waals surface area contributed by atoms with Gasteiger partial charge in [-0.25, -0.2) is 4.98 Å². The number of aromatic nitrogens is 5. The molecule has 30 heavy (non-hydrogen) atoms. The maximum Gasteiger partial charge on any atom is 0.225 e. The van der Waals surface area contributed by atoms with Gasteiger partial charge in [0.25, 0.3) is 0 Å². The van der Waals surface area contributed by atoms with Crippen molar-refractivity contribution in [1.29, 1.82) is 0 Å². The summed E-state index contributed by atoms with van der Waals surface area (Å²) in [5, 5.41) is 14.8. The number of fused-ring (bicyclic) bond motifs is 1. The number of anilines is 1. The first kappa shape index (κ1) is 20.3. The van der Waals surface area contributed by atoms with E-state index in [1.807, 2.05) is 24.3 Å². The number of halogens is 1. The lowest BCUT2D eigenvalue weighted by molar-refractivity contribution is -0.121. The summed E-state index contributed by atoms with van der Waals surface area (Å²) in [5.41, 5.74) is 2.08. The highest BCUT2D eigenvalue weighted by Crippen LogP contribution is 2.23. The molecule has 0 aliphatic heterocycles. The third-order valence-corrected chi connectivity index (χ3v) is 5.45. The Morgan fingerprint density at radius 3 is 2.83 bits per heavy atom. The Kier molecular flexibility index (Phi) is 6.27. The highest BCUT2D eigenvalue weighted by atomic mass is 35.5. The summed E-state index contributed by atoms with van der Waals surface area (Å²) in [6, 6.07) is 7.89. The Hall–Kier alpha value is -2.94. The van der Waals surface area contributed by atoms with Crippen molar-refractivity contribution in [2.24, 2.45) is 0 Å². The van der Waals surface area contributed by atoms with E-state index in [-0.39, 0.29) is 18.0 Å². The summed E-state index contributed by atoms with van der Waals surface area (Å²) in [6.45, 7) is 0. The van der Waals surface area contributed by atoms with E-state index in [1.54, 1.807) is 18.0 Å². The molecule has 0 saturated heterocycles. The number of amides is 1. The number of ether oxygens (including phenoxy) is 1. The quantitative estimate of drug-likeness (QED) is 0.530. The molecule has 10 heteroatoms. The average molecular weight is 430 g/mol. The van der Waals surface area contributed by atoms with Gasteiger partial charge < -0.3 is 15.4 Å². The lowest BCUT2D eigenvalue weighted by atomic mass is 10.2. The molecular formula is C20H24ClN7O2. The summed E-state index contributed by atoms with van der Waals surface area (Å²) in [6.07, 6.45) is 5.55. The zero-order valence-electron chi connectivity index (χ0n) is 16.7. The molecule has 1 saturated carbocycles. The van der Waals surface area contributed by atoms with Crippen LogP contribution < -0.4 is 15.4 Å². The van der Waals surface area contributed by atoms with Crippen LogP contribution in [0.25, 0.3) is 16.9 Å². The molecule has 0 spiro atoms. The van der Waals surface area contributed by atoms with Gasteiger partial charge in [0.15, 0.2) is 11.2 Å². The number of alkyl halides is 1. The van der Waals surface area contributed by atoms with Gasteiger partial charge in [-0.1, -0.05) is 5.21 Å². The Morgan fingerprint density at radius 1 is 1.27 bits per heavy atom. The van der Waals surface area contributed by atoms with E-state index in [9.17, 15) is 4.79 Å². The molecular weight excluding hydrogens is 406 g/mol. The van der Waals surface area contributed by atoms with Crippen molar-refractivity contribution in [3.8, 4) is 11.4 Å². The van der Waals surface area contributed by atoms with Crippen LogP contribution in [-0.2, 0) is 4.79 Å². The van der Waals surface area contributed by atoms with Crippen LogP contribution in [0.3, 0.4) is 0 Å². The second kappa shape index (κ2) is 9.25. The Labute approximate surface area is 179 Å². The van der Waals surface area contributed by atoms with Crippen LogP contribution in [0.1, 0.15) is 32.1 Å². The lowest BCUT2D eigenvalue weighted by Gasteiger charge is -2.14.